The number of hydrogen-bond acceptors (Lipinski definition) is 4. The Morgan fingerprint density at radius 1 is 1.06 bits per heavy atom. The van der Waals surface area contributed by atoms with Gasteiger partial charge < -0.3 is 19.6 Å². The molecule has 2 amide bonds. The fourth-order valence-electron chi connectivity index (χ4n) is 5.54. The summed E-state index contributed by atoms with van der Waals surface area (Å²) in [6.07, 6.45) is 1.41. The molecule has 4 rings (SSSR count). The Kier molecular flexibility index (Phi) is 7.28. The predicted molar refractivity (Wildman–Crippen MR) is 141 cm³/mol. The van der Waals surface area contributed by atoms with E-state index < -0.39 is 11.2 Å². The maximum absolute atomic E-state index is 13.3. The molecule has 2 aliphatic heterocycles. The van der Waals surface area contributed by atoms with E-state index in [2.05, 4.69) is 0 Å². The van der Waals surface area contributed by atoms with Crippen LogP contribution in [0.15, 0.2) is 60.2 Å². The lowest BCUT2D eigenvalue weighted by Gasteiger charge is -2.45. The first kappa shape index (κ1) is 26.0. The van der Waals surface area contributed by atoms with E-state index in [0.29, 0.717) is 25.9 Å². The summed E-state index contributed by atoms with van der Waals surface area (Å²) in [5.41, 5.74) is 2.86. The molecule has 192 valence electrons. The molecule has 1 N–H and O–H groups in total. The van der Waals surface area contributed by atoms with Crippen molar-refractivity contribution < 1.29 is 19.4 Å². The number of rotatable bonds is 7. The Hall–Kier alpha value is -3.12. The quantitative estimate of drug-likeness (QED) is 0.543. The monoisotopic (exact) mass is 490 g/mol. The number of likely N-dealkylation sites (N-methyl/N-ethyl adjacent to an activating group) is 1. The summed E-state index contributed by atoms with van der Waals surface area (Å²) in [5, 5.41) is 10.6. The molecule has 1 saturated heterocycles. The van der Waals surface area contributed by atoms with Gasteiger partial charge in [-0.1, -0.05) is 60.2 Å². The van der Waals surface area contributed by atoms with Gasteiger partial charge in [-0.3, -0.25) is 4.79 Å². The largest absolute Gasteiger partial charge is 0.438 e. The number of hydrogen-bond donors (Lipinski definition) is 1. The van der Waals surface area contributed by atoms with Gasteiger partial charge in [-0.2, -0.15) is 0 Å². The molecule has 0 unspecified atom stereocenters. The third-order valence-corrected chi connectivity index (χ3v) is 7.51. The number of benzene rings is 2. The van der Waals surface area contributed by atoms with Gasteiger partial charge in [-0.15, -0.1) is 0 Å². The van der Waals surface area contributed by atoms with Crippen molar-refractivity contribution in [3.05, 3.63) is 76.9 Å². The summed E-state index contributed by atoms with van der Waals surface area (Å²) in [6.45, 7) is 11.5. The van der Waals surface area contributed by atoms with Crippen molar-refractivity contribution in [2.75, 3.05) is 19.6 Å². The summed E-state index contributed by atoms with van der Waals surface area (Å²) in [4.78, 5) is 29.9. The normalized spacial score (nSPS) is 22.1. The van der Waals surface area contributed by atoms with E-state index in [4.69, 9.17) is 4.74 Å². The van der Waals surface area contributed by atoms with Crippen LogP contribution in [0.4, 0.5) is 4.79 Å². The maximum Gasteiger partial charge on any atom is 0.411 e. The molecule has 0 bridgehead atoms. The Morgan fingerprint density at radius 3 is 2.31 bits per heavy atom. The predicted octanol–water partition coefficient (Wildman–Crippen LogP) is 5.67. The van der Waals surface area contributed by atoms with E-state index >= 15 is 0 Å². The molecule has 1 fully saturated rings. The minimum atomic E-state index is -0.990. The first-order valence-electron chi connectivity index (χ1n) is 12.9. The number of carbonyl (C=O) groups is 2. The SMILES string of the molecule is CCN1CCC(C)=C(c2ccc([C@H](C)N3CC[C@](CC(C)(C)O)(c4ccccc4)OC3=O)cc2)C1=O. The van der Waals surface area contributed by atoms with Crippen LogP contribution in [0.25, 0.3) is 5.57 Å². The van der Waals surface area contributed by atoms with Crippen LogP contribution in [0, 0.1) is 0 Å². The fourth-order valence-corrected chi connectivity index (χ4v) is 5.54. The van der Waals surface area contributed by atoms with Crippen molar-refractivity contribution in [2.45, 2.75) is 71.1 Å². The molecule has 0 aromatic heterocycles. The number of carbonyl (C=O) groups excluding carboxylic acids is 2. The van der Waals surface area contributed by atoms with Crippen molar-refractivity contribution in [2.24, 2.45) is 0 Å². The van der Waals surface area contributed by atoms with Crippen LogP contribution in [-0.4, -0.2) is 52.1 Å². The second kappa shape index (κ2) is 10.1. The molecule has 36 heavy (non-hydrogen) atoms. The molecule has 2 atom stereocenters. The highest BCUT2D eigenvalue weighted by Gasteiger charge is 2.46. The first-order valence-corrected chi connectivity index (χ1v) is 12.9. The molecule has 2 aliphatic rings. The average molecular weight is 491 g/mol. The molecule has 2 aromatic carbocycles. The molecule has 2 aromatic rings. The molecular formula is C30H38N2O4. The fraction of sp³-hybridized carbons (Fsp3) is 0.467. The van der Waals surface area contributed by atoms with E-state index in [0.717, 1.165) is 40.8 Å². The van der Waals surface area contributed by atoms with Crippen molar-refractivity contribution in [3.8, 4) is 0 Å². The van der Waals surface area contributed by atoms with Crippen molar-refractivity contribution in [1.29, 1.82) is 0 Å². The Morgan fingerprint density at radius 2 is 1.72 bits per heavy atom. The van der Waals surface area contributed by atoms with Crippen molar-refractivity contribution >= 4 is 17.6 Å². The van der Waals surface area contributed by atoms with Crippen molar-refractivity contribution in [1.82, 2.24) is 9.80 Å². The summed E-state index contributed by atoms with van der Waals surface area (Å²) in [7, 11) is 0. The van der Waals surface area contributed by atoms with E-state index in [1.807, 2.05) is 80.3 Å². The molecule has 0 aliphatic carbocycles. The first-order chi connectivity index (χ1) is 17.0. The number of amides is 2. The number of nitrogens with zero attached hydrogens (tertiary/aromatic N) is 2. The highest BCUT2D eigenvalue weighted by molar-refractivity contribution is 6.21. The van der Waals surface area contributed by atoms with Crippen LogP contribution in [0.1, 0.15) is 76.6 Å². The van der Waals surface area contributed by atoms with Gasteiger partial charge in [0.05, 0.1) is 11.6 Å². The van der Waals surface area contributed by atoms with Crippen molar-refractivity contribution in [3.63, 3.8) is 0 Å². The molecule has 6 heteroatoms. The van der Waals surface area contributed by atoms with E-state index in [1.54, 1.807) is 18.7 Å². The lowest BCUT2D eigenvalue weighted by molar-refractivity contribution is -0.125. The zero-order valence-corrected chi connectivity index (χ0v) is 22.1. The maximum atomic E-state index is 13.3. The standard InChI is InChI=1S/C30H38N2O4/c1-6-31-18-16-21(2)26(27(31)33)24-14-12-23(13-15-24)22(3)32-19-17-30(36-28(32)34,20-29(4,5)35)25-10-8-7-9-11-25/h7-15,22,35H,6,16-20H2,1-5H3/t22-,30-/m0/s1. The van der Waals surface area contributed by atoms with E-state index in [-0.39, 0.29) is 18.0 Å². The van der Waals surface area contributed by atoms with E-state index in [9.17, 15) is 14.7 Å². The van der Waals surface area contributed by atoms with E-state index in [1.165, 1.54) is 0 Å². The smallest absolute Gasteiger partial charge is 0.411 e. The van der Waals surface area contributed by atoms with Gasteiger partial charge in [-0.25, -0.2) is 4.79 Å². The van der Waals surface area contributed by atoms with Gasteiger partial charge in [-0.05, 0) is 57.7 Å². The van der Waals surface area contributed by atoms with Crippen LogP contribution in [0.5, 0.6) is 0 Å². The van der Waals surface area contributed by atoms with Gasteiger partial charge in [0.15, 0.2) is 0 Å². The number of ether oxygens (including phenoxy) is 1. The highest BCUT2D eigenvalue weighted by atomic mass is 16.6. The second-order valence-corrected chi connectivity index (χ2v) is 10.7. The highest BCUT2D eigenvalue weighted by Crippen LogP contribution is 2.42. The summed E-state index contributed by atoms with van der Waals surface area (Å²) in [5.74, 6) is 0.0886. The Labute approximate surface area is 214 Å². The van der Waals surface area contributed by atoms with Gasteiger partial charge in [0.2, 0.25) is 0 Å². The van der Waals surface area contributed by atoms with Gasteiger partial charge >= 0.3 is 6.09 Å². The minimum absolute atomic E-state index is 0.0886. The van der Waals surface area contributed by atoms with Crippen LogP contribution in [0.3, 0.4) is 0 Å². The molecule has 0 spiro atoms. The molecule has 2 heterocycles. The topological polar surface area (TPSA) is 70.1 Å². The number of cyclic esters (lactones) is 1. The third-order valence-electron chi connectivity index (χ3n) is 7.51. The van der Waals surface area contributed by atoms with Gasteiger partial charge in [0, 0.05) is 38.0 Å². The third kappa shape index (κ3) is 5.19. The van der Waals surface area contributed by atoms with Crippen LogP contribution in [0.2, 0.25) is 0 Å². The lowest BCUT2D eigenvalue weighted by atomic mass is 9.80. The Balaban J connectivity index is 1.53. The summed E-state index contributed by atoms with van der Waals surface area (Å²) < 4.78 is 6.13. The lowest BCUT2D eigenvalue weighted by Crippen LogP contribution is -2.51. The zero-order valence-electron chi connectivity index (χ0n) is 22.1. The van der Waals surface area contributed by atoms with Gasteiger partial charge in [0.25, 0.3) is 5.91 Å². The average Bonchev–Trinajstić information content (AvgIpc) is 2.84. The summed E-state index contributed by atoms with van der Waals surface area (Å²) in [6, 6.07) is 17.5. The molecule has 0 radical (unpaired) electrons. The van der Waals surface area contributed by atoms with Crippen LogP contribution < -0.4 is 0 Å². The molecular weight excluding hydrogens is 452 g/mol. The summed E-state index contributed by atoms with van der Waals surface area (Å²) >= 11 is 0. The van der Waals surface area contributed by atoms with Crippen LogP contribution in [-0.2, 0) is 15.1 Å². The minimum Gasteiger partial charge on any atom is -0.438 e. The van der Waals surface area contributed by atoms with Gasteiger partial charge in [0.1, 0.15) is 5.60 Å². The molecule has 6 nitrogen and oxygen atoms in total. The number of aliphatic hydroxyl groups is 1. The van der Waals surface area contributed by atoms with Crippen LogP contribution >= 0.6 is 0 Å². The molecule has 0 saturated carbocycles. The second-order valence-electron chi connectivity index (χ2n) is 10.7. The Bertz CT molecular complexity index is 1130. The zero-order chi connectivity index (χ0) is 26.1.